The van der Waals surface area contributed by atoms with Crippen LogP contribution in [0.1, 0.15) is 26.2 Å². The number of allylic oxidation sites excluding steroid dienone is 1. The summed E-state index contributed by atoms with van der Waals surface area (Å²) in [5.74, 6) is -1.49. The van der Waals surface area contributed by atoms with Crippen LogP contribution in [0.4, 0.5) is 0 Å². The quantitative estimate of drug-likeness (QED) is 0.458. The van der Waals surface area contributed by atoms with Crippen molar-refractivity contribution in [2.45, 2.75) is 38.4 Å². The zero-order chi connectivity index (χ0) is 17.0. The first-order valence-electron chi connectivity index (χ1n) is 7.62. The summed E-state index contributed by atoms with van der Waals surface area (Å²) in [6.07, 6.45) is 3.61. The van der Waals surface area contributed by atoms with Gasteiger partial charge in [-0.05, 0) is 36.5 Å². The first-order valence-corrected chi connectivity index (χ1v) is 7.62. The highest BCUT2D eigenvalue weighted by molar-refractivity contribution is 5.91. The maximum absolute atomic E-state index is 11.8. The van der Waals surface area contributed by atoms with Gasteiger partial charge in [0.25, 0.3) is 0 Å². The van der Waals surface area contributed by atoms with Gasteiger partial charge < -0.3 is 19.7 Å². The molecule has 1 aliphatic heterocycles. The van der Waals surface area contributed by atoms with Gasteiger partial charge in [0.2, 0.25) is 0 Å². The second-order valence-electron chi connectivity index (χ2n) is 5.86. The van der Waals surface area contributed by atoms with Crippen LogP contribution < -0.4 is 0 Å². The molecular weight excluding hydrogens is 300 g/mol. The van der Waals surface area contributed by atoms with Crippen LogP contribution in [0.15, 0.2) is 35.5 Å². The highest BCUT2D eigenvalue weighted by atomic mass is 16.6. The van der Waals surface area contributed by atoms with Crippen LogP contribution in [0.2, 0.25) is 0 Å². The molecular formula is C17H22O6. The van der Waals surface area contributed by atoms with Gasteiger partial charge in [0.05, 0.1) is 18.6 Å². The van der Waals surface area contributed by atoms with Crippen molar-refractivity contribution in [3.63, 3.8) is 0 Å². The number of aliphatic hydroxyl groups is 2. The second kappa shape index (κ2) is 7.57. The third-order valence-corrected chi connectivity index (χ3v) is 4.11. The molecule has 0 radical (unpaired) electrons. The molecule has 126 valence electrons. The summed E-state index contributed by atoms with van der Waals surface area (Å²) in [6.45, 7) is 5.00. The summed E-state index contributed by atoms with van der Waals surface area (Å²) >= 11 is 0. The lowest BCUT2D eigenvalue weighted by molar-refractivity contribution is -0.140. The Bertz CT molecular complexity index is 559. The van der Waals surface area contributed by atoms with E-state index >= 15 is 0 Å². The van der Waals surface area contributed by atoms with Crippen molar-refractivity contribution < 1.29 is 29.3 Å². The molecule has 2 aliphatic rings. The van der Waals surface area contributed by atoms with Crippen molar-refractivity contribution in [3.8, 4) is 0 Å². The second-order valence-corrected chi connectivity index (χ2v) is 5.86. The molecule has 0 bridgehead atoms. The maximum Gasteiger partial charge on any atom is 0.334 e. The summed E-state index contributed by atoms with van der Waals surface area (Å²) in [7, 11) is 0. The van der Waals surface area contributed by atoms with Crippen molar-refractivity contribution in [1.82, 2.24) is 0 Å². The molecule has 0 aromatic rings. The Morgan fingerprint density at radius 1 is 1.48 bits per heavy atom. The fraction of sp³-hybridized carbons (Fsp3) is 0.529. The SMILES string of the molecule is C=C1C(=O)OC2C=C(CO)CCC=C(COC(C)=O)CC(O)C12. The first kappa shape index (κ1) is 17.4. The van der Waals surface area contributed by atoms with Gasteiger partial charge in [-0.3, -0.25) is 4.79 Å². The lowest BCUT2D eigenvalue weighted by Crippen LogP contribution is -2.30. The van der Waals surface area contributed by atoms with Crippen molar-refractivity contribution in [2.24, 2.45) is 5.92 Å². The lowest BCUT2D eigenvalue weighted by Gasteiger charge is -2.24. The Hall–Kier alpha value is -1.92. The van der Waals surface area contributed by atoms with Crippen LogP contribution in [0, 0.1) is 5.92 Å². The average Bonchev–Trinajstić information content (AvgIpc) is 2.77. The summed E-state index contributed by atoms with van der Waals surface area (Å²) in [5.41, 5.74) is 1.74. The minimum Gasteiger partial charge on any atom is -0.461 e. The monoisotopic (exact) mass is 322 g/mol. The maximum atomic E-state index is 11.8. The number of carbonyl (C=O) groups is 2. The highest BCUT2D eigenvalue weighted by Crippen LogP contribution is 2.34. The number of ether oxygens (including phenoxy) is 2. The average molecular weight is 322 g/mol. The zero-order valence-corrected chi connectivity index (χ0v) is 13.2. The van der Waals surface area contributed by atoms with Gasteiger partial charge in [-0.2, -0.15) is 0 Å². The topological polar surface area (TPSA) is 93.1 Å². The van der Waals surface area contributed by atoms with E-state index in [2.05, 4.69) is 6.58 Å². The van der Waals surface area contributed by atoms with E-state index in [9.17, 15) is 19.8 Å². The van der Waals surface area contributed by atoms with Crippen LogP contribution in [-0.2, 0) is 19.1 Å². The summed E-state index contributed by atoms with van der Waals surface area (Å²) in [6, 6.07) is 0. The molecule has 0 aromatic heterocycles. The fourth-order valence-corrected chi connectivity index (χ4v) is 2.90. The summed E-state index contributed by atoms with van der Waals surface area (Å²) in [5, 5.41) is 20.0. The molecule has 23 heavy (non-hydrogen) atoms. The lowest BCUT2D eigenvalue weighted by atomic mass is 9.85. The molecule has 2 N–H and O–H groups in total. The minimum absolute atomic E-state index is 0.100. The van der Waals surface area contributed by atoms with E-state index in [4.69, 9.17) is 9.47 Å². The number of hydrogen-bond donors (Lipinski definition) is 2. The number of aliphatic hydroxyl groups excluding tert-OH is 2. The number of carbonyl (C=O) groups excluding carboxylic acids is 2. The molecule has 3 unspecified atom stereocenters. The van der Waals surface area contributed by atoms with Gasteiger partial charge in [0.1, 0.15) is 12.7 Å². The standard InChI is InChI=1S/C17H22O6/c1-10-16-14(20)6-13(9-22-11(2)19)5-3-4-12(8-18)7-15(16)23-17(10)21/h5,7,14-16,18,20H,1,3-4,6,8-9H2,2H3. The Morgan fingerprint density at radius 3 is 2.87 bits per heavy atom. The third-order valence-electron chi connectivity index (χ3n) is 4.11. The van der Waals surface area contributed by atoms with Gasteiger partial charge in [0.15, 0.2) is 0 Å². The first-order chi connectivity index (χ1) is 10.9. The van der Waals surface area contributed by atoms with E-state index < -0.39 is 30.1 Å². The highest BCUT2D eigenvalue weighted by Gasteiger charge is 2.42. The minimum atomic E-state index is -0.880. The third kappa shape index (κ3) is 4.30. The van der Waals surface area contributed by atoms with E-state index in [0.717, 1.165) is 11.1 Å². The van der Waals surface area contributed by atoms with Crippen LogP contribution >= 0.6 is 0 Å². The van der Waals surface area contributed by atoms with Crippen molar-refractivity contribution in [1.29, 1.82) is 0 Å². The molecule has 1 fully saturated rings. The van der Waals surface area contributed by atoms with Crippen molar-refractivity contribution in [2.75, 3.05) is 13.2 Å². The predicted molar refractivity (Wildman–Crippen MR) is 82.3 cm³/mol. The van der Waals surface area contributed by atoms with E-state index in [-0.39, 0.29) is 25.2 Å². The Balaban J connectivity index is 2.25. The normalized spacial score (nSPS) is 28.4. The summed E-state index contributed by atoms with van der Waals surface area (Å²) in [4.78, 5) is 22.8. The smallest absolute Gasteiger partial charge is 0.334 e. The van der Waals surface area contributed by atoms with Crippen LogP contribution in [0.3, 0.4) is 0 Å². The Morgan fingerprint density at radius 2 is 2.22 bits per heavy atom. The fourth-order valence-electron chi connectivity index (χ4n) is 2.90. The largest absolute Gasteiger partial charge is 0.461 e. The number of esters is 2. The van der Waals surface area contributed by atoms with Gasteiger partial charge in [-0.25, -0.2) is 4.79 Å². The molecule has 1 aliphatic carbocycles. The number of rotatable bonds is 3. The van der Waals surface area contributed by atoms with E-state index in [1.54, 1.807) is 6.08 Å². The van der Waals surface area contributed by atoms with Gasteiger partial charge >= 0.3 is 11.9 Å². The molecule has 6 nitrogen and oxygen atoms in total. The van der Waals surface area contributed by atoms with E-state index in [1.165, 1.54) is 6.92 Å². The van der Waals surface area contributed by atoms with Gasteiger partial charge in [0, 0.05) is 12.5 Å². The molecule has 0 aromatic carbocycles. The molecule has 2 rings (SSSR count). The molecule has 1 heterocycles. The zero-order valence-electron chi connectivity index (χ0n) is 13.2. The van der Waals surface area contributed by atoms with Crippen LogP contribution in [0.25, 0.3) is 0 Å². The molecule has 0 saturated carbocycles. The van der Waals surface area contributed by atoms with Gasteiger partial charge in [-0.15, -0.1) is 0 Å². The van der Waals surface area contributed by atoms with Crippen molar-refractivity contribution in [3.05, 3.63) is 35.5 Å². The molecule has 3 atom stereocenters. The molecule has 0 spiro atoms. The molecule has 6 heteroatoms. The van der Waals surface area contributed by atoms with E-state index in [1.807, 2.05) is 6.08 Å². The predicted octanol–water partition coefficient (Wildman–Crippen LogP) is 1.04. The van der Waals surface area contributed by atoms with Crippen molar-refractivity contribution >= 4 is 11.9 Å². The van der Waals surface area contributed by atoms with Crippen LogP contribution in [0.5, 0.6) is 0 Å². The van der Waals surface area contributed by atoms with Crippen LogP contribution in [-0.4, -0.2) is 47.6 Å². The van der Waals surface area contributed by atoms with Gasteiger partial charge in [-0.1, -0.05) is 12.7 Å². The molecule has 0 amide bonds. The number of fused-ring (bicyclic) bond motifs is 1. The molecule has 1 saturated heterocycles. The summed E-state index contributed by atoms with van der Waals surface area (Å²) < 4.78 is 10.3. The number of hydrogen-bond acceptors (Lipinski definition) is 6. The van der Waals surface area contributed by atoms with E-state index in [0.29, 0.717) is 12.8 Å². The Kier molecular flexibility index (Phi) is 5.74. The Labute approximate surface area is 135 Å².